The van der Waals surface area contributed by atoms with E-state index in [0.717, 1.165) is 24.8 Å². The van der Waals surface area contributed by atoms with Crippen molar-refractivity contribution in [2.75, 3.05) is 13.7 Å². The molecule has 1 aliphatic heterocycles. The number of benzene rings is 1. The van der Waals surface area contributed by atoms with E-state index in [-0.39, 0.29) is 18.1 Å². The average Bonchev–Trinajstić information content (AvgIpc) is 2.59. The van der Waals surface area contributed by atoms with Crippen LogP contribution in [0.15, 0.2) is 24.3 Å². The molecule has 1 aromatic carbocycles. The highest BCUT2D eigenvalue weighted by Crippen LogP contribution is 2.36. The predicted molar refractivity (Wildman–Crippen MR) is 96.5 cm³/mol. The lowest BCUT2D eigenvalue weighted by molar-refractivity contribution is 0.00391. The fourth-order valence-corrected chi connectivity index (χ4v) is 3.22. The SMILES string of the molecule is CC[C@H]1CCN(C(=O)OC(C)(C)C)[C@H](c2ccc(C(=O)OC)cc2)C1. The molecule has 2 atom stereocenters. The van der Waals surface area contributed by atoms with Crippen molar-refractivity contribution < 1.29 is 19.1 Å². The lowest BCUT2D eigenvalue weighted by atomic mass is 9.85. The van der Waals surface area contributed by atoms with Crippen molar-refractivity contribution in [1.82, 2.24) is 4.90 Å². The molecule has 0 saturated carbocycles. The van der Waals surface area contributed by atoms with Crippen LogP contribution in [-0.2, 0) is 9.47 Å². The van der Waals surface area contributed by atoms with Gasteiger partial charge in [-0.3, -0.25) is 0 Å². The van der Waals surface area contributed by atoms with Gasteiger partial charge in [0.2, 0.25) is 0 Å². The van der Waals surface area contributed by atoms with Crippen molar-refractivity contribution in [3.8, 4) is 0 Å². The lowest BCUT2D eigenvalue weighted by Crippen LogP contribution is -2.43. The van der Waals surface area contributed by atoms with Crippen LogP contribution in [0.1, 0.15) is 68.9 Å². The Bertz CT molecular complexity index is 603. The number of amides is 1. The number of esters is 1. The van der Waals surface area contributed by atoms with Crippen LogP contribution in [0, 0.1) is 5.92 Å². The number of hydrogen-bond donors (Lipinski definition) is 0. The van der Waals surface area contributed by atoms with E-state index in [0.29, 0.717) is 18.0 Å². The van der Waals surface area contributed by atoms with Crippen molar-refractivity contribution >= 4 is 12.1 Å². The van der Waals surface area contributed by atoms with E-state index in [1.807, 2.05) is 37.8 Å². The van der Waals surface area contributed by atoms with Crippen LogP contribution in [0.2, 0.25) is 0 Å². The Morgan fingerprint density at radius 1 is 1.20 bits per heavy atom. The summed E-state index contributed by atoms with van der Waals surface area (Å²) >= 11 is 0. The molecule has 5 heteroatoms. The summed E-state index contributed by atoms with van der Waals surface area (Å²) in [5.41, 5.74) is 1.02. The molecule has 5 nitrogen and oxygen atoms in total. The third kappa shape index (κ3) is 4.97. The van der Waals surface area contributed by atoms with Crippen molar-refractivity contribution in [2.45, 2.75) is 58.6 Å². The van der Waals surface area contributed by atoms with Gasteiger partial charge in [-0.15, -0.1) is 0 Å². The Hall–Kier alpha value is -2.04. The maximum Gasteiger partial charge on any atom is 0.410 e. The van der Waals surface area contributed by atoms with Gasteiger partial charge in [-0.2, -0.15) is 0 Å². The largest absolute Gasteiger partial charge is 0.465 e. The Balaban J connectivity index is 2.24. The smallest absolute Gasteiger partial charge is 0.410 e. The summed E-state index contributed by atoms with van der Waals surface area (Å²) in [6.07, 6.45) is 2.72. The quantitative estimate of drug-likeness (QED) is 0.752. The highest BCUT2D eigenvalue weighted by Gasteiger charge is 2.34. The van der Waals surface area contributed by atoms with Crippen molar-refractivity contribution in [2.24, 2.45) is 5.92 Å². The van der Waals surface area contributed by atoms with E-state index in [2.05, 4.69) is 6.92 Å². The van der Waals surface area contributed by atoms with Gasteiger partial charge in [0, 0.05) is 6.54 Å². The van der Waals surface area contributed by atoms with Crippen LogP contribution in [0.5, 0.6) is 0 Å². The van der Waals surface area contributed by atoms with Gasteiger partial charge in [-0.1, -0.05) is 25.5 Å². The first kappa shape index (κ1) is 19.3. The number of likely N-dealkylation sites (tertiary alicyclic amines) is 1. The molecule has 1 aromatic rings. The third-order valence-corrected chi connectivity index (χ3v) is 4.63. The molecule has 0 aromatic heterocycles. The Kier molecular flexibility index (Phi) is 6.09. The molecule has 0 bridgehead atoms. The van der Waals surface area contributed by atoms with Crippen LogP contribution in [0.25, 0.3) is 0 Å². The summed E-state index contributed by atoms with van der Waals surface area (Å²) < 4.78 is 10.3. The van der Waals surface area contributed by atoms with Crippen LogP contribution < -0.4 is 0 Å². The van der Waals surface area contributed by atoms with Gasteiger partial charge in [-0.25, -0.2) is 9.59 Å². The molecule has 1 amide bonds. The zero-order valence-electron chi connectivity index (χ0n) is 15.9. The number of hydrogen-bond acceptors (Lipinski definition) is 4. The Labute approximate surface area is 150 Å². The molecule has 1 fully saturated rings. The summed E-state index contributed by atoms with van der Waals surface area (Å²) in [7, 11) is 1.37. The second kappa shape index (κ2) is 7.89. The van der Waals surface area contributed by atoms with Crippen LogP contribution >= 0.6 is 0 Å². The maximum atomic E-state index is 12.6. The maximum absolute atomic E-state index is 12.6. The van der Waals surface area contributed by atoms with Crippen molar-refractivity contribution in [1.29, 1.82) is 0 Å². The normalized spacial score (nSPS) is 20.9. The molecule has 0 spiro atoms. The summed E-state index contributed by atoms with van der Waals surface area (Å²) in [5, 5.41) is 0. The van der Waals surface area contributed by atoms with E-state index < -0.39 is 5.60 Å². The molecule has 1 saturated heterocycles. The molecule has 0 unspecified atom stereocenters. The molecule has 138 valence electrons. The summed E-state index contributed by atoms with van der Waals surface area (Å²) in [6, 6.07) is 7.30. The van der Waals surface area contributed by atoms with Gasteiger partial charge < -0.3 is 14.4 Å². The van der Waals surface area contributed by atoms with E-state index in [1.165, 1.54) is 7.11 Å². The minimum atomic E-state index is -0.516. The molecule has 0 N–H and O–H groups in total. The minimum Gasteiger partial charge on any atom is -0.465 e. The number of methoxy groups -OCH3 is 1. The molecule has 1 aliphatic rings. The van der Waals surface area contributed by atoms with Crippen LogP contribution in [0.4, 0.5) is 4.79 Å². The summed E-state index contributed by atoms with van der Waals surface area (Å²) in [4.78, 5) is 26.1. The fourth-order valence-electron chi connectivity index (χ4n) is 3.22. The van der Waals surface area contributed by atoms with Gasteiger partial charge in [0.25, 0.3) is 0 Å². The number of carbonyl (C=O) groups is 2. The lowest BCUT2D eigenvalue weighted by Gasteiger charge is -2.40. The second-order valence-corrected chi connectivity index (χ2v) is 7.60. The fraction of sp³-hybridized carbons (Fsp3) is 0.600. The molecule has 2 rings (SSSR count). The summed E-state index contributed by atoms with van der Waals surface area (Å²) in [5.74, 6) is 0.231. The first-order valence-electron chi connectivity index (χ1n) is 8.93. The molecule has 0 aliphatic carbocycles. The highest BCUT2D eigenvalue weighted by molar-refractivity contribution is 5.89. The van der Waals surface area contributed by atoms with Crippen molar-refractivity contribution in [3.63, 3.8) is 0 Å². The van der Waals surface area contributed by atoms with Gasteiger partial charge in [0.1, 0.15) is 5.60 Å². The minimum absolute atomic E-state index is 0.0275. The molecule has 1 heterocycles. The number of carbonyl (C=O) groups excluding carboxylic acids is 2. The molecule has 25 heavy (non-hydrogen) atoms. The van der Waals surface area contributed by atoms with Gasteiger partial charge in [-0.05, 0) is 57.2 Å². The highest BCUT2D eigenvalue weighted by atomic mass is 16.6. The van der Waals surface area contributed by atoms with E-state index in [9.17, 15) is 9.59 Å². The van der Waals surface area contributed by atoms with E-state index in [4.69, 9.17) is 9.47 Å². The van der Waals surface area contributed by atoms with E-state index >= 15 is 0 Å². The molecular formula is C20H29NO4. The summed E-state index contributed by atoms with van der Waals surface area (Å²) in [6.45, 7) is 8.51. The number of rotatable bonds is 3. The van der Waals surface area contributed by atoms with Crippen LogP contribution in [0.3, 0.4) is 0 Å². The van der Waals surface area contributed by atoms with Gasteiger partial charge in [0.05, 0.1) is 18.7 Å². The first-order chi connectivity index (χ1) is 11.7. The Morgan fingerprint density at radius 2 is 1.84 bits per heavy atom. The predicted octanol–water partition coefficient (Wildman–Crippen LogP) is 4.57. The van der Waals surface area contributed by atoms with Gasteiger partial charge in [0.15, 0.2) is 0 Å². The van der Waals surface area contributed by atoms with Gasteiger partial charge >= 0.3 is 12.1 Å². The zero-order valence-corrected chi connectivity index (χ0v) is 15.9. The van der Waals surface area contributed by atoms with Crippen LogP contribution in [-0.4, -0.2) is 36.2 Å². The Morgan fingerprint density at radius 3 is 2.36 bits per heavy atom. The van der Waals surface area contributed by atoms with Crippen molar-refractivity contribution in [3.05, 3.63) is 35.4 Å². The number of nitrogens with zero attached hydrogens (tertiary/aromatic N) is 1. The standard InChI is InChI=1S/C20H29NO4/c1-6-14-11-12-21(19(23)25-20(2,3)4)17(13-14)15-7-9-16(10-8-15)18(22)24-5/h7-10,14,17H,6,11-13H2,1-5H3/t14-,17-/m0/s1. The molecular weight excluding hydrogens is 318 g/mol. The average molecular weight is 347 g/mol. The van der Waals surface area contributed by atoms with E-state index in [1.54, 1.807) is 12.1 Å². The second-order valence-electron chi connectivity index (χ2n) is 7.60. The first-order valence-corrected chi connectivity index (χ1v) is 8.93. The zero-order chi connectivity index (χ0) is 18.6. The number of piperidine rings is 1. The monoisotopic (exact) mass is 347 g/mol. The number of ether oxygens (including phenoxy) is 2. The molecule has 0 radical (unpaired) electrons. The third-order valence-electron chi connectivity index (χ3n) is 4.63. The topological polar surface area (TPSA) is 55.8 Å².